The Morgan fingerprint density at radius 1 is 0.281 bits per heavy atom. The van der Waals surface area contributed by atoms with Crippen LogP contribution in [0.15, 0.2) is 133 Å². The number of fused-ring (bicyclic) bond motifs is 5. The van der Waals surface area contributed by atoms with Crippen molar-refractivity contribution in [1.29, 1.82) is 0 Å². The van der Waals surface area contributed by atoms with E-state index < -0.39 is 132 Å². The van der Waals surface area contributed by atoms with Crippen molar-refractivity contribution in [2.45, 2.75) is 108 Å². The first-order valence-electron chi connectivity index (χ1n) is 38.7. The van der Waals surface area contributed by atoms with Crippen molar-refractivity contribution in [3.63, 3.8) is 0 Å². The Morgan fingerprint density at radius 3 is 0.688 bits per heavy atom. The third kappa shape index (κ3) is 18.9. The lowest BCUT2D eigenvalue weighted by atomic mass is 10.0. The Hall–Kier alpha value is -16.7. The maximum atomic E-state index is 13.3. The first-order chi connectivity index (χ1) is 60.6. The van der Waals surface area contributed by atoms with E-state index in [1.807, 2.05) is 0 Å². The summed E-state index contributed by atoms with van der Waals surface area (Å²) < 4.78 is 67.3. The predicted molar refractivity (Wildman–Crippen MR) is 450 cm³/mol. The summed E-state index contributed by atoms with van der Waals surface area (Å²) in [5, 5.41) is 48.2. The highest BCUT2D eigenvalue weighted by Crippen LogP contribution is 2.43. The average molecular weight is 1760 g/mol. The largest absolute Gasteiger partial charge is 0.481 e. The van der Waals surface area contributed by atoms with Crippen LogP contribution in [0.1, 0.15) is 108 Å². The summed E-state index contributed by atoms with van der Waals surface area (Å²) in [5.74, 6) is -18.1. The Kier molecular flexibility index (Phi) is 27.6. The van der Waals surface area contributed by atoms with Gasteiger partial charge in [-0.2, -0.15) is 0 Å². The fourth-order valence-electron chi connectivity index (χ4n) is 14.7. The standard InChI is InChI=1S/C48H42N6O18.C40H42N4O12/c1-22-37(43(61)46(49)64)40-28(7-4-10-31(40)67-16-34(55)56)52(22)19-70-25-13-26(71-20-53-23(2)38(44(62)47(50)65)41-29(53)8-5-11-32(41)68-17-35(57)58)15-27(14-25)72-21-54-24(3)39(45(63)48(51)66)42-30(54)9-6-12-33(42)69-18-36(59)60;1-19(2)35(39(49)50)55-27-15-9-11-23-31(27)29(33(45)37(41)47)21(5)43(23)17-53-25-13-7-8-14-26(25)54-18-44-22(6)30(34(46)38(42)48)32-24(44)12-10-16-28(32)56-36(20(3)4)40(51)52/h4-15H,16-21H2,1-3H3,(H2,49,64)(H2,50,65)(H2,51,66)(H,55,56)(H,57,58)(H,59,60);7-16,19-20,35-36H,17-18H2,1-6H3,(H2,41,47)(H2,42,48)(H,49,50)(H,51,52). The van der Waals surface area contributed by atoms with Crippen molar-refractivity contribution in [2.75, 3.05) is 19.8 Å². The minimum Gasteiger partial charge on any atom is -0.481 e. The Bertz CT molecular complexity index is 6080. The van der Waals surface area contributed by atoms with Gasteiger partial charge in [0.1, 0.15) is 46.0 Å². The number of Topliss-reactive ketones (excluding diaryl/α,β-unsaturated/α-hetero) is 5. The highest BCUT2D eigenvalue weighted by Gasteiger charge is 2.36. The normalized spacial score (nSPS) is 11.6. The zero-order chi connectivity index (χ0) is 93.5. The summed E-state index contributed by atoms with van der Waals surface area (Å²) in [4.78, 5) is 185. The van der Waals surface area contributed by atoms with E-state index in [1.165, 1.54) is 101 Å². The molecular formula is C88H84N10O30. The van der Waals surface area contributed by atoms with Crippen LogP contribution >= 0.6 is 0 Å². The molecule has 0 radical (unpaired) electrons. The van der Waals surface area contributed by atoms with Gasteiger partial charge in [0.2, 0.25) is 0 Å². The molecular weight excluding hydrogens is 1680 g/mol. The number of carbonyl (C=O) groups is 15. The molecule has 0 spiro atoms. The number of benzene rings is 7. The minimum atomic E-state index is -1.31. The van der Waals surface area contributed by atoms with Crippen molar-refractivity contribution < 1.29 is 145 Å². The van der Waals surface area contributed by atoms with E-state index in [1.54, 1.807) is 117 Å². The van der Waals surface area contributed by atoms with E-state index >= 15 is 0 Å². The molecule has 0 saturated carbocycles. The fraction of sp³-hybridized carbons (Fsp3) is 0.239. The molecule has 666 valence electrons. The van der Waals surface area contributed by atoms with E-state index in [0.717, 1.165) is 0 Å². The molecule has 5 amide bonds. The van der Waals surface area contributed by atoms with Crippen molar-refractivity contribution in [3.05, 3.63) is 190 Å². The lowest BCUT2D eigenvalue weighted by Gasteiger charge is -2.19. The maximum Gasteiger partial charge on any atom is 0.345 e. The van der Waals surface area contributed by atoms with Gasteiger partial charge in [0.15, 0.2) is 77.2 Å². The maximum absolute atomic E-state index is 13.3. The van der Waals surface area contributed by atoms with Crippen LogP contribution < -0.4 is 76.0 Å². The number of rotatable bonds is 42. The second-order valence-corrected chi connectivity index (χ2v) is 29.4. The number of carboxylic acids is 5. The molecule has 40 heteroatoms. The topological polar surface area (TPSA) is 604 Å². The van der Waals surface area contributed by atoms with E-state index in [2.05, 4.69) is 0 Å². The van der Waals surface area contributed by atoms with Gasteiger partial charge in [-0.25, -0.2) is 24.0 Å². The van der Waals surface area contributed by atoms with Crippen LogP contribution in [0.4, 0.5) is 0 Å². The molecule has 12 aromatic rings. The fourth-order valence-corrected chi connectivity index (χ4v) is 14.7. The summed E-state index contributed by atoms with van der Waals surface area (Å²) in [6.45, 7) is 10.5. The highest BCUT2D eigenvalue weighted by atomic mass is 16.5. The average Bonchev–Trinajstić information content (AvgIpc) is 1.66. The van der Waals surface area contributed by atoms with Gasteiger partial charge in [-0.15, -0.1) is 0 Å². The van der Waals surface area contributed by atoms with Crippen molar-refractivity contribution in [2.24, 2.45) is 40.5 Å². The molecule has 0 fully saturated rings. The number of aliphatic carboxylic acids is 5. The number of nitrogens with zero attached hydrogens (tertiary/aromatic N) is 5. The molecule has 0 aliphatic rings. The van der Waals surface area contributed by atoms with Gasteiger partial charge in [0.05, 0.1) is 82.3 Å². The Morgan fingerprint density at radius 2 is 0.484 bits per heavy atom. The smallest absolute Gasteiger partial charge is 0.345 e. The Balaban J connectivity index is 0.000000256. The number of ether oxygens (including phenoxy) is 10. The summed E-state index contributed by atoms with van der Waals surface area (Å²) in [6, 6.07) is 34.1. The first kappa shape index (κ1) is 92.0. The van der Waals surface area contributed by atoms with Crippen molar-refractivity contribution in [3.8, 4) is 57.5 Å². The van der Waals surface area contributed by atoms with Gasteiger partial charge in [-0.1, -0.05) is 70.2 Å². The number of hydrogen-bond donors (Lipinski definition) is 10. The van der Waals surface area contributed by atoms with E-state index in [0.29, 0.717) is 22.4 Å². The molecule has 0 bridgehead atoms. The molecule has 12 rings (SSSR count). The molecule has 15 N–H and O–H groups in total. The summed E-state index contributed by atoms with van der Waals surface area (Å²) >= 11 is 0. The lowest BCUT2D eigenvalue weighted by molar-refractivity contribution is -0.147. The van der Waals surface area contributed by atoms with Gasteiger partial charge in [-0.3, -0.25) is 47.9 Å². The van der Waals surface area contributed by atoms with Crippen LogP contribution in [0.2, 0.25) is 0 Å². The number of primary amides is 5. The molecule has 128 heavy (non-hydrogen) atoms. The monoisotopic (exact) mass is 1760 g/mol. The molecule has 0 aliphatic heterocycles. The highest BCUT2D eigenvalue weighted by molar-refractivity contribution is 6.48. The van der Waals surface area contributed by atoms with Gasteiger partial charge in [0, 0.05) is 58.5 Å². The minimum absolute atomic E-state index is 0.0318. The van der Waals surface area contributed by atoms with Crippen LogP contribution in [-0.2, 0) is 81.6 Å². The number of amides is 5. The molecule has 2 unspecified atom stereocenters. The van der Waals surface area contributed by atoms with Gasteiger partial charge < -0.3 is 124 Å². The summed E-state index contributed by atoms with van der Waals surface area (Å²) in [5.41, 5.74) is 29.4. The molecule has 0 aliphatic carbocycles. The number of para-hydroxylation sites is 2. The second kappa shape index (κ2) is 38.4. The number of hydrogen-bond acceptors (Lipinski definition) is 25. The molecule has 5 heterocycles. The molecule has 7 aromatic carbocycles. The van der Waals surface area contributed by atoms with E-state index in [-0.39, 0.29) is 180 Å². The van der Waals surface area contributed by atoms with Crippen LogP contribution in [-0.4, -0.2) is 169 Å². The van der Waals surface area contributed by atoms with Crippen molar-refractivity contribution >= 4 is 143 Å². The summed E-state index contributed by atoms with van der Waals surface area (Å²) in [7, 11) is 0. The number of carbonyl (C=O) groups excluding carboxylic acids is 10. The third-order valence-electron chi connectivity index (χ3n) is 20.6. The molecule has 0 saturated heterocycles. The lowest BCUT2D eigenvalue weighted by Crippen LogP contribution is -2.32. The van der Waals surface area contributed by atoms with E-state index in [4.69, 9.17) is 76.0 Å². The van der Waals surface area contributed by atoms with Crippen molar-refractivity contribution in [1.82, 2.24) is 22.8 Å². The zero-order valence-corrected chi connectivity index (χ0v) is 69.7. The summed E-state index contributed by atoms with van der Waals surface area (Å²) in [6.07, 6.45) is -2.51. The quantitative estimate of drug-likeness (QED) is 0.0130. The van der Waals surface area contributed by atoms with Crippen LogP contribution in [0, 0.1) is 46.5 Å². The second-order valence-electron chi connectivity index (χ2n) is 29.4. The molecule has 40 nitrogen and oxygen atoms in total. The number of aromatic nitrogens is 5. The first-order valence-corrected chi connectivity index (χ1v) is 38.7. The van der Waals surface area contributed by atoms with Crippen LogP contribution in [0.5, 0.6) is 57.5 Å². The van der Waals surface area contributed by atoms with E-state index in [9.17, 15) is 97.5 Å². The SMILES string of the molecule is Cc1c(C(=O)C(N)=O)c2c(OC(C(=O)O)C(C)C)cccc2n1COc1ccccc1OCn1c(C)c(C(=O)C(N)=O)c2c(OC(C(=O)O)C(C)C)cccc21.Cc1c(C(=O)C(N)=O)c2c(OCC(=O)O)cccc2n1COc1cc(OCn2c(C)c(C(=O)C(N)=O)c3c(OCC(=O)O)cccc32)cc(OCn2c(C)c(C(=O)C(N)=O)c3c(OCC(=O)O)cccc32)c1. The number of ketones is 5. The number of carboxylic acid groups (broad SMARTS) is 5. The van der Waals surface area contributed by atoms with Crippen LogP contribution in [0.25, 0.3) is 54.5 Å². The predicted octanol–water partition coefficient (Wildman–Crippen LogP) is 7.58. The van der Waals surface area contributed by atoms with Gasteiger partial charge in [0.25, 0.3) is 58.5 Å². The third-order valence-corrected chi connectivity index (χ3v) is 20.6. The van der Waals surface area contributed by atoms with Gasteiger partial charge in [-0.05, 0) is 107 Å². The Labute approximate surface area is 723 Å². The van der Waals surface area contributed by atoms with Gasteiger partial charge >= 0.3 is 29.8 Å². The van der Waals surface area contributed by atoms with Crippen LogP contribution in [0.3, 0.4) is 0 Å². The molecule has 2 atom stereocenters. The number of nitrogens with two attached hydrogens (primary N) is 5. The molecule has 5 aromatic heterocycles. The zero-order valence-electron chi connectivity index (χ0n) is 69.7.